The molecule has 0 saturated carbocycles. The molecule has 0 saturated heterocycles. The Morgan fingerprint density at radius 3 is 2.75 bits per heavy atom. The summed E-state index contributed by atoms with van der Waals surface area (Å²) in [6.45, 7) is 2.45. The number of benzene rings is 2. The zero-order chi connectivity index (χ0) is 17.1. The number of aromatic nitrogens is 2. The van der Waals surface area contributed by atoms with Crippen molar-refractivity contribution in [2.24, 2.45) is 0 Å². The minimum atomic E-state index is -0.212. The van der Waals surface area contributed by atoms with Crippen molar-refractivity contribution in [1.29, 1.82) is 0 Å². The fraction of sp³-hybridized carbons (Fsp3) is 0.263. The number of nitrogens with zero attached hydrogens (tertiary/aromatic N) is 2. The topological polar surface area (TPSA) is 60.9 Å². The van der Waals surface area contributed by atoms with Gasteiger partial charge < -0.3 is 5.73 Å². The lowest BCUT2D eigenvalue weighted by Crippen LogP contribution is -2.21. The molecule has 2 aromatic carbocycles. The predicted molar refractivity (Wildman–Crippen MR) is 94.5 cm³/mol. The Kier molecular flexibility index (Phi) is 4.60. The molecule has 0 radical (unpaired) electrons. The summed E-state index contributed by atoms with van der Waals surface area (Å²) in [5.74, 6) is -0.212. The van der Waals surface area contributed by atoms with Crippen molar-refractivity contribution in [3.63, 3.8) is 0 Å². The Morgan fingerprint density at radius 2 is 2.00 bits per heavy atom. The molecule has 1 heterocycles. The number of nitrogens with two attached hydrogens (primary N) is 1. The van der Waals surface area contributed by atoms with Gasteiger partial charge in [-0.2, -0.15) is 0 Å². The normalized spacial score (nSPS) is 11.1. The van der Waals surface area contributed by atoms with Crippen LogP contribution in [0.5, 0.6) is 0 Å². The average Bonchev–Trinajstić information content (AvgIpc) is 2.56. The SMILES string of the molecule is CCCc1ccc(CCn2cnc3cc(N)ccc3c2=O)c(F)c1. The van der Waals surface area contributed by atoms with Crippen LogP contribution in [0.4, 0.5) is 10.1 Å². The van der Waals surface area contributed by atoms with Crippen LogP contribution in [-0.2, 0) is 19.4 Å². The van der Waals surface area contributed by atoms with Crippen LogP contribution in [0.2, 0.25) is 0 Å². The van der Waals surface area contributed by atoms with E-state index in [9.17, 15) is 9.18 Å². The van der Waals surface area contributed by atoms with Crippen molar-refractivity contribution < 1.29 is 4.39 Å². The summed E-state index contributed by atoms with van der Waals surface area (Å²) < 4.78 is 15.7. The van der Waals surface area contributed by atoms with Gasteiger partial charge in [-0.1, -0.05) is 25.5 Å². The van der Waals surface area contributed by atoms with Gasteiger partial charge in [0.05, 0.1) is 17.2 Å². The van der Waals surface area contributed by atoms with E-state index in [-0.39, 0.29) is 11.4 Å². The molecular formula is C19H20FN3O. The van der Waals surface area contributed by atoms with Gasteiger partial charge in [0.25, 0.3) is 5.56 Å². The third kappa shape index (κ3) is 3.30. The van der Waals surface area contributed by atoms with Crippen molar-refractivity contribution in [2.45, 2.75) is 32.7 Å². The van der Waals surface area contributed by atoms with Crippen molar-refractivity contribution in [1.82, 2.24) is 9.55 Å². The summed E-state index contributed by atoms with van der Waals surface area (Å²) in [6.07, 6.45) is 3.80. The van der Waals surface area contributed by atoms with E-state index in [0.717, 1.165) is 18.4 Å². The van der Waals surface area contributed by atoms with Crippen molar-refractivity contribution in [2.75, 3.05) is 5.73 Å². The standard InChI is InChI=1S/C19H20FN3O/c1-2-3-13-4-5-14(17(20)10-13)8-9-23-12-22-18-11-15(21)6-7-16(18)19(23)24/h4-7,10-12H,2-3,8-9,21H2,1H3. The Morgan fingerprint density at radius 1 is 1.17 bits per heavy atom. The number of fused-ring (bicyclic) bond motifs is 1. The molecule has 124 valence electrons. The number of halogens is 1. The van der Waals surface area contributed by atoms with Gasteiger partial charge in [0, 0.05) is 12.2 Å². The number of hydrogen-bond acceptors (Lipinski definition) is 3. The molecule has 0 aliphatic carbocycles. The lowest BCUT2D eigenvalue weighted by molar-refractivity contribution is 0.585. The molecule has 0 unspecified atom stereocenters. The Labute approximate surface area is 139 Å². The van der Waals surface area contributed by atoms with Crippen LogP contribution in [0.25, 0.3) is 10.9 Å². The summed E-state index contributed by atoms with van der Waals surface area (Å²) in [7, 11) is 0. The first-order chi connectivity index (χ1) is 11.6. The van der Waals surface area contributed by atoms with Gasteiger partial charge in [-0.05, 0) is 48.2 Å². The molecule has 3 rings (SSSR count). The molecular weight excluding hydrogens is 305 g/mol. The highest BCUT2D eigenvalue weighted by Gasteiger charge is 2.07. The second kappa shape index (κ2) is 6.83. The van der Waals surface area contributed by atoms with E-state index in [1.54, 1.807) is 30.3 Å². The number of rotatable bonds is 5. The van der Waals surface area contributed by atoms with E-state index in [2.05, 4.69) is 11.9 Å². The van der Waals surface area contributed by atoms with Crippen molar-refractivity contribution in [3.05, 3.63) is 70.0 Å². The third-order valence-electron chi connectivity index (χ3n) is 4.13. The summed E-state index contributed by atoms with van der Waals surface area (Å²) in [5.41, 5.74) is 8.33. The molecule has 5 heteroatoms. The van der Waals surface area contributed by atoms with Crippen LogP contribution < -0.4 is 11.3 Å². The van der Waals surface area contributed by atoms with Gasteiger partial charge in [-0.15, -0.1) is 0 Å². The second-order valence-electron chi connectivity index (χ2n) is 5.95. The number of nitrogen functional groups attached to an aromatic ring is 1. The molecule has 0 atom stereocenters. The molecule has 3 aromatic rings. The summed E-state index contributed by atoms with van der Waals surface area (Å²) in [5, 5.41) is 0.519. The minimum absolute atomic E-state index is 0.136. The molecule has 0 bridgehead atoms. The molecule has 0 spiro atoms. The Bertz CT molecular complexity index is 934. The molecule has 0 aliphatic rings. The molecule has 2 N–H and O–H groups in total. The Balaban J connectivity index is 1.82. The first-order valence-corrected chi connectivity index (χ1v) is 8.10. The van der Waals surface area contributed by atoms with Crippen LogP contribution in [-0.4, -0.2) is 9.55 Å². The van der Waals surface area contributed by atoms with Crippen LogP contribution in [0.15, 0.2) is 47.5 Å². The maximum atomic E-state index is 14.2. The zero-order valence-corrected chi connectivity index (χ0v) is 13.6. The van der Waals surface area contributed by atoms with E-state index >= 15 is 0 Å². The van der Waals surface area contributed by atoms with E-state index < -0.39 is 0 Å². The molecule has 4 nitrogen and oxygen atoms in total. The summed E-state index contributed by atoms with van der Waals surface area (Å²) in [6, 6.07) is 10.4. The molecule has 0 amide bonds. The van der Waals surface area contributed by atoms with E-state index in [0.29, 0.717) is 35.1 Å². The number of aryl methyl sites for hydroxylation is 3. The smallest absolute Gasteiger partial charge is 0.261 e. The van der Waals surface area contributed by atoms with Crippen molar-refractivity contribution >= 4 is 16.6 Å². The number of hydrogen-bond donors (Lipinski definition) is 1. The highest BCUT2D eigenvalue weighted by molar-refractivity contribution is 5.80. The largest absolute Gasteiger partial charge is 0.399 e. The highest BCUT2D eigenvalue weighted by atomic mass is 19.1. The second-order valence-corrected chi connectivity index (χ2v) is 5.95. The van der Waals surface area contributed by atoms with Gasteiger partial charge in [-0.3, -0.25) is 9.36 Å². The minimum Gasteiger partial charge on any atom is -0.399 e. The maximum absolute atomic E-state index is 14.2. The van der Waals surface area contributed by atoms with Crippen LogP contribution in [0.3, 0.4) is 0 Å². The molecule has 1 aromatic heterocycles. The van der Waals surface area contributed by atoms with Crippen LogP contribution in [0, 0.1) is 5.82 Å². The van der Waals surface area contributed by atoms with E-state index in [4.69, 9.17) is 5.73 Å². The number of anilines is 1. The lowest BCUT2D eigenvalue weighted by Gasteiger charge is -2.09. The Hall–Kier alpha value is -2.69. The van der Waals surface area contributed by atoms with Gasteiger partial charge in [0.15, 0.2) is 0 Å². The summed E-state index contributed by atoms with van der Waals surface area (Å²) >= 11 is 0. The first kappa shape index (κ1) is 16.2. The van der Waals surface area contributed by atoms with Gasteiger partial charge in [0.2, 0.25) is 0 Å². The highest BCUT2D eigenvalue weighted by Crippen LogP contribution is 2.14. The van der Waals surface area contributed by atoms with E-state index in [1.165, 1.54) is 10.9 Å². The monoisotopic (exact) mass is 325 g/mol. The molecule has 0 fully saturated rings. The van der Waals surface area contributed by atoms with Gasteiger partial charge >= 0.3 is 0 Å². The molecule has 0 aliphatic heterocycles. The predicted octanol–water partition coefficient (Wildman–Crippen LogP) is 3.31. The molecule has 24 heavy (non-hydrogen) atoms. The summed E-state index contributed by atoms with van der Waals surface area (Å²) in [4.78, 5) is 16.7. The van der Waals surface area contributed by atoms with Crippen LogP contribution >= 0.6 is 0 Å². The maximum Gasteiger partial charge on any atom is 0.261 e. The lowest BCUT2D eigenvalue weighted by atomic mass is 10.1. The van der Waals surface area contributed by atoms with Gasteiger partial charge in [-0.25, -0.2) is 9.37 Å². The third-order valence-corrected chi connectivity index (χ3v) is 4.13. The fourth-order valence-corrected chi connectivity index (χ4v) is 2.81. The van der Waals surface area contributed by atoms with Gasteiger partial charge in [0.1, 0.15) is 5.82 Å². The zero-order valence-electron chi connectivity index (χ0n) is 13.6. The quantitative estimate of drug-likeness (QED) is 0.732. The first-order valence-electron chi connectivity index (χ1n) is 8.10. The average molecular weight is 325 g/mol. The van der Waals surface area contributed by atoms with E-state index in [1.807, 2.05) is 6.07 Å². The van der Waals surface area contributed by atoms with Crippen molar-refractivity contribution in [3.8, 4) is 0 Å². The van der Waals surface area contributed by atoms with Crippen LogP contribution in [0.1, 0.15) is 24.5 Å². The fourth-order valence-electron chi connectivity index (χ4n) is 2.81.